The predicted octanol–water partition coefficient (Wildman–Crippen LogP) is 6.17. The number of hydrogen-bond donors (Lipinski definition) is 0. The van der Waals surface area contributed by atoms with Crippen LogP contribution in [0.2, 0.25) is 0 Å². The van der Waals surface area contributed by atoms with Gasteiger partial charge in [0.15, 0.2) is 0 Å². The summed E-state index contributed by atoms with van der Waals surface area (Å²) in [5.74, 6) is -2.92. The van der Waals surface area contributed by atoms with Gasteiger partial charge in [0, 0.05) is 44.4 Å². The Kier molecular flexibility index (Phi) is 26.1. The van der Waals surface area contributed by atoms with Crippen molar-refractivity contribution in [2.24, 2.45) is 0 Å². The molecular formula is C36H58O13Si. The van der Waals surface area contributed by atoms with Crippen molar-refractivity contribution in [3.8, 4) is 0 Å². The van der Waals surface area contributed by atoms with Crippen LogP contribution in [-0.4, -0.2) is 84.6 Å². The molecule has 0 saturated heterocycles. The first-order valence-electron chi connectivity index (χ1n) is 17.2. The van der Waals surface area contributed by atoms with E-state index in [4.69, 9.17) is 36.7 Å². The molecule has 0 aliphatic rings. The summed E-state index contributed by atoms with van der Waals surface area (Å²) in [7, 11) is -1.59. The second kappa shape index (κ2) is 28.1. The molecule has 0 radical (unpaired) electrons. The molecule has 0 fully saturated rings. The van der Waals surface area contributed by atoms with Crippen LogP contribution in [0, 0.1) is 0 Å². The highest BCUT2D eigenvalue weighted by Crippen LogP contribution is 2.20. The van der Waals surface area contributed by atoms with Crippen LogP contribution in [0.1, 0.15) is 104 Å². The molecule has 0 aliphatic carbocycles. The van der Waals surface area contributed by atoms with Crippen LogP contribution in [0.5, 0.6) is 0 Å². The smallest absolute Gasteiger partial charge is 0.463 e. The Morgan fingerprint density at radius 1 is 0.640 bits per heavy atom. The van der Waals surface area contributed by atoms with Gasteiger partial charge in [-0.05, 0) is 58.3 Å². The second-order valence-electron chi connectivity index (χ2n) is 11.6. The number of rotatable bonds is 31. The van der Waals surface area contributed by atoms with Crippen molar-refractivity contribution in [3.05, 3.63) is 50.1 Å². The lowest BCUT2D eigenvalue weighted by molar-refractivity contribution is -0.156. The molecule has 0 amide bonds. The Morgan fingerprint density at radius 3 is 1.62 bits per heavy atom. The van der Waals surface area contributed by atoms with Gasteiger partial charge in [-0.2, -0.15) is 0 Å². The summed E-state index contributed by atoms with van der Waals surface area (Å²) in [5, 5.41) is 0. The van der Waals surface area contributed by atoms with Gasteiger partial charge in [-0.3, -0.25) is 4.79 Å². The third-order valence-corrected chi connectivity index (χ3v) is 9.44. The molecule has 3 atom stereocenters. The Hall–Kier alpha value is -3.59. The number of esters is 4. The zero-order valence-corrected chi connectivity index (χ0v) is 31.4. The lowest BCUT2D eigenvalue weighted by Gasteiger charge is -2.28. The predicted molar refractivity (Wildman–Crippen MR) is 188 cm³/mol. The van der Waals surface area contributed by atoms with E-state index in [0.29, 0.717) is 25.7 Å². The SMILES string of the molecule is C=CC(=O)OC(CCCCC)CCCC(CCCCCCCC(=O)OCC(COC(=O)C(=C)C)O[Si](OC)(OC)OC(=O)C=C)OC(=O)C=C. The van der Waals surface area contributed by atoms with E-state index in [9.17, 15) is 24.0 Å². The minimum atomic E-state index is -4.03. The molecule has 14 heteroatoms. The molecule has 13 nitrogen and oxygen atoms in total. The number of carbonyl (C=O) groups is 5. The Morgan fingerprint density at radius 2 is 1.12 bits per heavy atom. The number of carbonyl (C=O) groups excluding carboxylic acids is 5. The lowest BCUT2D eigenvalue weighted by Crippen LogP contribution is -2.52. The number of unbranched alkanes of at least 4 members (excludes halogenated alkanes) is 6. The van der Waals surface area contributed by atoms with Gasteiger partial charge in [0.1, 0.15) is 31.5 Å². The highest BCUT2D eigenvalue weighted by molar-refractivity contribution is 6.55. The van der Waals surface area contributed by atoms with Crippen LogP contribution >= 0.6 is 0 Å². The average molecular weight is 727 g/mol. The van der Waals surface area contributed by atoms with Gasteiger partial charge in [0.25, 0.3) is 0 Å². The third-order valence-electron chi connectivity index (χ3n) is 7.37. The van der Waals surface area contributed by atoms with E-state index >= 15 is 0 Å². The highest BCUT2D eigenvalue weighted by Gasteiger charge is 2.50. The minimum absolute atomic E-state index is 0.149. The van der Waals surface area contributed by atoms with Gasteiger partial charge in [0.05, 0.1) is 0 Å². The maximum atomic E-state index is 12.5. The van der Waals surface area contributed by atoms with Gasteiger partial charge in [0.2, 0.25) is 0 Å². The first-order valence-corrected chi connectivity index (χ1v) is 18.8. The highest BCUT2D eigenvalue weighted by atomic mass is 28.4. The molecule has 0 spiro atoms. The fourth-order valence-electron chi connectivity index (χ4n) is 4.64. The summed E-state index contributed by atoms with van der Waals surface area (Å²) in [6.07, 6.45) is 12.4. The van der Waals surface area contributed by atoms with Crippen molar-refractivity contribution in [1.82, 2.24) is 0 Å². The fraction of sp³-hybridized carbons (Fsp3) is 0.639. The maximum absolute atomic E-state index is 12.5. The Balaban J connectivity index is 4.81. The quantitative estimate of drug-likeness (QED) is 0.0263. The zero-order chi connectivity index (χ0) is 37.8. The molecule has 0 bridgehead atoms. The molecule has 284 valence electrons. The van der Waals surface area contributed by atoms with Crippen LogP contribution in [0.15, 0.2) is 50.1 Å². The first kappa shape index (κ1) is 46.4. The molecule has 0 aliphatic heterocycles. The van der Waals surface area contributed by atoms with Crippen molar-refractivity contribution in [2.45, 2.75) is 122 Å². The molecular weight excluding hydrogens is 668 g/mol. The second-order valence-corrected chi connectivity index (χ2v) is 13.9. The monoisotopic (exact) mass is 726 g/mol. The van der Waals surface area contributed by atoms with Crippen LogP contribution < -0.4 is 0 Å². The van der Waals surface area contributed by atoms with Crippen LogP contribution in [0.25, 0.3) is 0 Å². The number of hydrogen-bond acceptors (Lipinski definition) is 13. The van der Waals surface area contributed by atoms with Crippen molar-refractivity contribution in [3.63, 3.8) is 0 Å². The molecule has 50 heavy (non-hydrogen) atoms. The molecule has 0 rings (SSSR count). The van der Waals surface area contributed by atoms with Crippen molar-refractivity contribution < 1.29 is 60.6 Å². The zero-order valence-electron chi connectivity index (χ0n) is 30.4. The van der Waals surface area contributed by atoms with Gasteiger partial charge in [-0.1, -0.05) is 65.3 Å². The minimum Gasteiger partial charge on any atom is -0.463 e. The van der Waals surface area contributed by atoms with E-state index in [1.54, 1.807) is 0 Å². The van der Waals surface area contributed by atoms with E-state index in [0.717, 1.165) is 69.9 Å². The van der Waals surface area contributed by atoms with E-state index < -0.39 is 45.0 Å². The molecule has 3 unspecified atom stereocenters. The summed E-state index contributed by atoms with van der Waals surface area (Å²) in [6.45, 7) is 16.8. The van der Waals surface area contributed by atoms with Crippen LogP contribution in [0.3, 0.4) is 0 Å². The normalized spacial score (nSPS) is 12.8. The molecule has 0 aromatic carbocycles. The maximum Gasteiger partial charge on any atom is 0.751 e. The van der Waals surface area contributed by atoms with Crippen molar-refractivity contribution >= 4 is 38.9 Å². The van der Waals surface area contributed by atoms with Crippen LogP contribution in [-0.2, 0) is 60.6 Å². The summed E-state index contributed by atoms with van der Waals surface area (Å²) in [5.41, 5.74) is 0.157. The van der Waals surface area contributed by atoms with Gasteiger partial charge in [-0.25, -0.2) is 19.2 Å². The average Bonchev–Trinajstić information content (AvgIpc) is 3.10. The summed E-state index contributed by atoms with van der Waals surface area (Å²) in [6, 6.07) is 0. The Bertz CT molecular complexity index is 1090. The summed E-state index contributed by atoms with van der Waals surface area (Å²) >= 11 is 0. The van der Waals surface area contributed by atoms with Gasteiger partial charge < -0.3 is 36.7 Å². The molecule has 0 heterocycles. The number of ether oxygens (including phenoxy) is 4. The fourth-order valence-corrected chi connectivity index (χ4v) is 6.09. The summed E-state index contributed by atoms with van der Waals surface area (Å²) < 4.78 is 42.9. The molecule has 0 aromatic rings. The largest absolute Gasteiger partial charge is 0.751 e. The molecule has 0 saturated carbocycles. The van der Waals surface area contributed by atoms with E-state index in [2.05, 4.69) is 33.2 Å². The van der Waals surface area contributed by atoms with E-state index in [1.807, 2.05) is 0 Å². The van der Waals surface area contributed by atoms with E-state index in [-0.39, 0.29) is 37.4 Å². The van der Waals surface area contributed by atoms with Crippen LogP contribution in [0.4, 0.5) is 0 Å². The first-order chi connectivity index (χ1) is 23.9. The van der Waals surface area contributed by atoms with E-state index in [1.165, 1.54) is 27.2 Å². The Labute approximate surface area is 298 Å². The summed E-state index contributed by atoms with van der Waals surface area (Å²) in [4.78, 5) is 59.9. The topological polar surface area (TPSA) is 159 Å². The molecule has 0 aromatic heterocycles. The van der Waals surface area contributed by atoms with Crippen molar-refractivity contribution in [2.75, 3.05) is 27.4 Å². The van der Waals surface area contributed by atoms with Crippen molar-refractivity contribution in [1.29, 1.82) is 0 Å². The lowest BCUT2D eigenvalue weighted by atomic mass is 10.00. The van der Waals surface area contributed by atoms with Gasteiger partial charge >= 0.3 is 38.9 Å². The third kappa shape index (κ3) is 22.2. The van der Waals surface area contributed by atoms with Gasteiger partial charge in [-0.15, -0.1) is 0 Å². The molecule has 0 N–H and O–H groups in total. The standard InChI is InChI=1S/C36H58O13Si/c1-9-13-17-21-29(46-32(37)10-2)23-20-24-30(47-33(38)11-3)22-18-15-14-16-19-25-35(40)44-26-31(27-45-36(41)28(5)6)48-50(42-7,43-8)49-34(39)12-4/h10-12,29-31H,2-5,9,13-27H2,1,6-8H3.